The number of carboxylic acid groups (broad SMARTS) is 1. The van der Waals surface area contributed by atoms with Gasteiger partial charge in [-0.2, -0.15) is 0 Å². The Morgan fingerprint density at radius 3 is 1.92 bits per heavy atom. The molecule has 0 heterocycles. The van der Waals surface area contributed by atoms with Crippen LogP contribution in [0.5, 0.6) is 0 Å². The molecule has 0 aliphatic heterocycles. The molecule has 0 bridgehead atoms. The Balaban J connectivity index is -0.000000291. The summed E-state index contributed by atoms with van der Waals surface area (Å²) in [5.41, 5.74) is 0. The zero-order chi connectivity index (χ0) is 19.1. The SMILES string of the molecule is CC(O)CO.CCCCCCCC(=O)O.CCOCCOCCO. The minimum atomic E-state index is -0.670. The summed E-state index contributed by atoms with van der Waals surface area (Å²) in [6.45, 7) is 7.90. The second kappa shape index (κ2) is 27.1. The zero-order valence-electron chi connectivity index (χ0n) is 15.6. The van der Waals surface area contributed by atoms with Crippen LogP contribution in [0.2, 0.25) is 0 Å². The van der Waals surface area contributed by atoms with Gasteiger partial charge in [0.2, 0.25) is 0 Å². The van der Waals surface area contributed by atoms with Crippen LogP contribution in [0.25, 0.3) is 0 Å². The van der Waals surface area contributed by atoms with Crippen LogP contribution >= 0.6 is 0 Å². The molecule has 0 aliphatic carbocycles. The summed E-state index contributed by atoms with van der Waals surface area (Å²) in [5.74, 6) is -0.670. The average Bonchev–Trinajstić information content (AvgIpc) is 2.55. The van der Waals surface area contributed by atoms with E-state index in [4.69, 9.17) is 29.9 Å². The Hall–Kier alpha value is -0.730. The zero-order valence-corrected chi connectivity index (χ0v) is 15.6. The summed E-state index contributed by atoms with van der Waals surface area (Å²) in [4.78, 5) is 10.0. The minimum Gasteiger partial charge on any atom is -0.481 e. The minimum absolute atomic E-state index is 0.0894. The van der Waals surface area contributed by atoms with Crippen molar-refractivity contribution in [2.24, 2.45) is 0 Å². The smallest absolute Gasteiger partial charge is 0.303 e. The number of unbranched alkanes of at least 4 members (excludes halogenated alkanes) is 4. The molecule has 7 nitrogen and oxygen atoms in total. The molecule has 24 heavy (non-hydrogen) atoms. The van der Waals surface area contributed by atoms with Crippen LogP contribution < -0.4 is 0 Å². The van der Waals surface area contributed by atoms with Crippen molar-refractivity contribution in [3.8, 4) is 0 Å². The lowest BCUT2D eigenvalue weighted by molar-refractivity contribution is -0.137. The van der Waals surface area contributed by atoms with Gasteiger partial charge in [0.25, 0.3) is 0 Å². The quantitative estimate of drug-likeness (QED) is 0.373. The third-order valence-corrected chi connectivity index (χ3v) is 2.57. The van der Waals surface area contributed by atoms with Gasteiger partial charge in [-0.1, -0.05) is 32.6 Å². The van der Waals surface area contributed by atoms with Crippen LogP contribution in [0.3, 0.4) is 0 Å². The lowest BCUT2D eigenvalue weighted by atomic mass is 10.1. The molecule has 1 unspecified atom stereocenters. The molecular weight excluding hydrogens is 316 g/mol. The highest BCUT2D eigenvalue weighted by molar-refractivity contribution is 5.66. The van der Waals surface area contributed by atoms with E-state index in [1.807, 2.05) is 6.92 Å². The second-order valence-electron chi connectivity index (χ2n) is 5.12. The van der Waals surface area contributed by atoms with Crippen molar-refractivity contribution < 1.29 is 34.7 Å². The van der Waals surface area contributed by atoms with E-state index in [9.17, 15) is 4.79 Å². The van der Waals surface area contributed by atoms with E-state index in [0.717, 1.165) is 19.4 Å². The number of aliphatic carboxylic acids is 1. The monoisotopic (exact) mass is 354 g/mol. The van der Waals surface area contributed by atoms with Gasteiger partial charge in [-0.3, -0.25) is 4.79 Å². The van der Waals surface area contributed by atoms with Crippen LogP contribution in [-0.2, 0) is 14.3 Å². The van der Waals surface area contributed by atoms with Crippen molar-refractivity contribution in [2.75, 3.05) is 39.6 Å². The molecule has 148 valence electrons. The highest BCUT2D eigenvalue weighted by Crippen LogP contribution is 2.04. The first-order valence-electron chi connectivity index (χ1n) is 8.73. The maximum atomic E-state index is 10.0. The summed E-state index contributed by atoms with van der Waals surface area (Å²) in [6.07, 6.45) is 5.32. The van der Waals surface area contributed by atoms with Crippen molar-refractivity contribution in [1.29, 1.82) is 0 Å². The van der Waals surface area contributed by atoms with E-state index in [1.165, 1.54) is 26.2 Å². The molecule has 1 atom stereocenters. The number of carboxylic acids is 1. The van der Waals surface area contributed by atoms with E-state index < -0.39 is 12.1 Å². The third kappa shape index (κ3) is 42.9. The molecule has 0 aliphatic rings. The largest absolute Gasteiger partial charge is 0.481 e. The van der Waals surface area contributed by atoms with Crippen LogP contribution in [0.15, 0.2) is 0 Å². The van der Waals surface area contributed by atoms with E-state index in [0.29, 0.717) is 26.2 Å². The highest BCUT2D eigenvalue weighted by Gasteiger charge is 1.94. The molecule has 0 aromatic rings. The fraction of sp³-hybridized carbons (Fsp3) is 0.941. The molecular formula is C17H38O7. The first kappa shape index (κ1) is 28.1. The number of carbonyl (C=O) groups is 1. The average molecular weight is 354 g/mol. The number of aliphatic hydroxyl groups excluding tert-OH is 3. The molecule has 0 saturated heterocycles. The van der Waals surface area contributed by atoms with Crippen molar-refractivity contribution in [1.82, 2.24) is 0 Å². The summed E-state index contributed by atoms with van der Waals surface area (Å²) >= 11 is 0. The van der Waals surface area contributed by atoms with Gasteiger partial charge >= 0.3 is 5.97 Å². The van der Waals surface area contributed by atoms with Gasteiger partial charge in [0.15, 0.2) is 0 Å². The van der Waals surface area contributed by atoms with Gasteiger partial charge in [-0.25, -0.2) is 0 Å². The number of hydrogen-bond acceptors (Lipinski definition) is 6. The van der Waals surface area contributed by atoms with Crippen LogP contribution in [0.4, 0.5) is 0 Å². The Bertz CT molecular complexity index is 217. The molecule has 0 fully saturated rings. The number of aliphatic hydroxyl groups is 3. The first-order chi connectivity index (χ1) is 11.5. The Kier molecular flexibility index (Phi) is 31.8. The van der Waals surface area contributed by atoms with E-state index in [1.54, 1.807) is 0 Å². The number of ether oxygens (including phenoxy) is 2. The molecule has 7 heteroatoms. The third-order valence-electron chi connectivity index (χ3n) is 2.57. The predicted octanol–water partition coefficient (Wildman–Crippen LogP) is 1.82. The fourth-order valence-corrected chi connectivity index (χ4v) is 1.31. The van der Waals surface area contributed by atoms with Crippen LogP contribution in [0, 0.1) is 0 Å². The van der Waals surface area contributed by atoms with Crippen molar-refractivity contribution in [2.45, 2.75) is 65.4 Å². The fourth-order valence-electron chi connectivity index (χ4n) is 1.31. The predicted molar refractivity (Wildman–Crippen MR) is 94.2 cm³/mol. The van der Waals surface area contributed by atoms with Gasteiger partial charge in [-0.05, 0) is 20.3 Å². The molecule has 0 rings (SSSR count). The van der Waals surface area contributed by atoms with Gasteiger partial charge in [0.05, 0.1) is 39.1 Å². The number of hydrogen-bond donors (Lipinski definition) is 4. The molecule has 0 saturated carbocycles. The summed E-state index contributed by atoms with van der Waals surface area (Å²) in [7, 11) is 0. The van der Waals surface area contributed by atoms with Gasteiger partial charge in [0.1, 0.15) is 0 Å². The molecule has 0 aromatic carbocycles. The second-order valence-corrected chi connectivity index (χ2v) is 5.12. The number of rotatable bonds is 13. The topological polar surface area (TPSA) is 116 Å². The van der Waals surface area contributed by atoms with Crippen molar-refractivity contribution >= 4 is 5.97 Å². The molecule has 0 amide bonds. The van der Waals surface area contributed by atoms with Crippen molar-refractivity contribution in [3.63, 3.8) is 0 Å². The highest BCUT2D eigenvalue weighted by atomic mass is 16.5. The molecule has 0 radical (unpaired) electrons. The lowest BCUT2D eigenvalue weighted by Crippen LogP contribution is -2.06. The van der Waals surface area contributed by atoms with Gasteiger partial charge < -0.3 is 29.9 Å². The normalized spacial score (nSPS) is 10.9. The standard InChI is InChI=1S/C8H16O2.C6H14O3.C3H8O2/c1-2-3-4-5-6-7-8(9)10;1-2-8-5-6-9-4-3-7;1-3(5)2-4/h2-7H2,1H3,(H,9,10);7H,2-6H2,1H3;3-5H,2H2,1H3. The lowest BCUT2D eigenvalue weighted by Gasteiger charge is -2.00. The maximum absolute atomic E-state index is 10.0. The van der Waals surface area contributed by atoms with Crippen LogP contribution in [-0.4, -0.2) is 72.1 Å². The van der Waals surface area contributed by atoms with Crippen molar-refractivity contribution in [3.05, 3.63) is 0 Å². The van der Waals surface area contributed by atoms with E-state index in [-0.39, 0.29) is 13.2 Å². The summed E-state index contributed by atoms with van der Waals surface area (Å²) in [5, 5.41) is 32.5. The Morgan fingerprint density at radius 2 is 1.50 bits per heavy atom. The Labute approximate surface area is 146 Å². The molecule has 0 aromatic heterocycles. The molecule has 4 N–H and O–H groups in total. The van der Waals surface area contributed by atoms with Gasteiger partial charge in [-0.15, -0.1) is 0 Å². The summed E-state index contributed by atoms with van der Waals surface area (Å²) in [6, 6.07) is 0. The maximum Gasteiger partial charge on any atom is 0.303 e. The van der Waals surface area contributed by atoms with E-state index >= 15 is 0 Å². The summed E-state index contributed by atoms with van der Waals surface area (Å²) < 4.78 is 9.88. The Morgan fingerprint density at radius 1 is 0.958 bits per heavy atom. The van der Waals surface area contributed by atoms with E-state index in [2.05, 4.69) is 6.92 Å². The van der Waals surface area contributed by atoms with Crippen LogP contribution in [0.1, 0.15) is 59.3 Å². The molecule has 0 spiro atoms. The first-order valence-corrected chi connectivity index (χ1v) is 8.73. The van der Waals surface area contributed by atoms with Gasteiger partial charge in [0, 0.05) is 13.0 Å².